The molecule has 0 aromatic carbocycles. The van der Waals surface area contributed by atoms with Gasteiger partial charge in [0.25, 0.3) is 0 Å². The predicted molar refractivity (Wildman–Crippen MR) is 81.6 cm³/mol. The molecule has 0 spiro atoms. The second-order valence-corrected chi connectivity index (χ2v) is 7.22. The minimum absolute atomic E-state index is 0.0160. The summed E-state index contributed by atoms with van der Waals surface area (Å²) in [7, 11) is 3.41. The fraction of sp³-hybridized carbons (Fsp3) is 1.00. The van der Waals surface area contributed by atoms with Gasteiger partial charge in [-0.25, -0.2) is 0 Å². The van der Waals surface area contributed by atoms with E-state index in [2.05, 4.69) is 0 Å². The van der Waals surface area contributed by atoms with Crippen molar-refractivity contribution in [2.24, 2.45) is 11.8 Å². The Morgan fingerprint density at radius 2 is 1.59 bits per heavy atom. The van der Waals surface area contributed by atoms with E-state index in [4.69, 9.17) is 14.2 Å². The zero-order valence-corrected chi connectivity index (χ0v) is 13.7. The number of aliphatic hydroxyl groups excluding tert-OH is 2. The van der Waals surface area contributed by atoms with Gasteiger partial charge in [-0.15, -0.1) is 0 Å². The first-order chi connectivity index (χ1) is 10.6. The van der Waals surface area contributed by atoms with Crippen molar-refractivity contribution in [2.75, 3.05) is 14.2 Å². The highest BCUT2D eigenvalue weighted by Gasteiger charge is 2.48. The molecule has 2 N–H and O–H groups in total. The van der Waals surface area contributed by atoms with Crippen molar-refractivity contribution in [3.05, 3.63) is 0 Å². The van der Waals surface area contributed by atoms with Crippen LogP contribution in [0.3, 0.4) is 0 Å². The summed E-state index contributed by atoms with van der Waals surface area (Å²) >= 11 is 0. The van der Waals surface area contributed by atoms with Crippen LogP contribution in [-0.2, 0) is 14.2 Å². The lowest BCUT2D eigenvalue weighted by molar-refractivity contribution is -0.213. The molecule has 1 aliphatic heterocycles. The molecule has 3 fully saturated rings. The number of rotatable bonds is 3. The van der Waals surface area contributed by atoms with E-state index in [1.165, 1.54) is 12.8 Å². The van der Waals surface area contributed by atoms with Crippen LogP contribution in [0, 0.1) is 11.8 Å². The second-order valence-electron chi connectivity index (χ2n) is 7.22. The van der Waals surface area contributed by atoms with E-state index in [1.807, 2.05) is 0 Å². The fourth-order valence-corrected chi connectivity index (χ4v) is 4.75. The van der Waals surface area contributed by atoms with Crippen molar-refractivity contribution < 1.29 is 24.4 Å². The van der Waals surface area contributed by atoms with E-state index >= 15 is 0 Å². The molecule has 1 saturated heterocycles. The summed E-state index contributed by atoms with van der Waals surface area (Å²) in [6, 6.07) is 0. The van der Waals surface area contributed by atoms with Crippen molar-refractivity contribution in [2.45, 2.75) is 81.6 Å². The zero-order valence-electron chi connectivity index (χ0n) is 13.7. The van der Waals surface area contributed by atoms with Crippen LogP contribution in [0.25, 0.3) is 0 Å². The average Bonchev–Trinajstić information content (AvgIpc) is 2.56. The summed E-state index contributed by atoms with van der Waals surface area (Å²) in [5.41, 5.74) is 0. The molecule has 5 nitrogen and oxygen atoms in total. The van der Waals surface area contributed by atoms with Crippen molar-refractivity contribution in [1.29, 1.82) is 0 Å². The largest absolute Gasteiger partial charge is 0.390 e. The molecule has 22 heavy (non-hydrogen) atoms. The molecule has 0 bridgehead atoms. The Morgan fingerprint density at radius 1 is 0.864 bits per heavy atom. The van der Waals surface area contributed by atoms with Gasteiger partial charge < -0.3 is 24.4 Å². The average molecular weight is 314 g/mol. The Hall–Kier alpha value is -0.200. The molecule has 3 rings (SSSR count). The standard InChI is InChI=1S/C17H30O5/c1-20-11-5-3-10(4-6-11)14-8-7-12-15(22-14)9-13(18)16(19)17(12)21-2/h10-19H,3-9H2,1-2H3. The van der Waals surface area contributed by atoms with Crippen molar-refractivity contribution >= 4 is 0 Å². The molecule has 128 valence electrons. The van der Waals surface area contributed by atoms with E-state index in [0.29, 0.717) is 24.5 Å². The Bertz CT molecular complexity index is 355. The van der Waals surface area contributed by atoms with Crippen LogP contribution in [0.2, 0.25) is 0 Å². The van der Waals surface area contributed by atoms with Gasteiger partial charge in [0.2, 0.25) is 0 Å². The van der Waals surface area contributed by atoms with Gasteiger partial charge in [0.05, 0.1) is 30.5 Å². The highest BCUT2D eigenvalue weighted by molar-refractivity contribution is 4.97. The summed E-state index contributed by atoms with van der Waals surface area (Å²) < 4.78 is 17.3. The molecule has 0 aromatic rings. The third kappa shape index (κ3) is 3.20. The number of ether oxygens (including phenoxy) is 3. The maximum absolute atomic E-state index is 10.1. The Morgan fingerprint density at radius 3 is 2.23 bits per heavy atom. The first kappa shape index (κ1) is 16.7. The quantitative estimate of drug-likeness (QED) is 0.826. The third-order valence-corrected chi connectivity index (χ3v) is 6.09. The zero-order chi connectivity index (χ0) is 15.7. The first-order valence-corrected chi connectivity index (χ1v) is 8.71. The van der Waals surface area contributed by atoms with E-state index in [-0.39, 0.29) is 18.1 Å². The Balaban J connectivity index is 1.59. The third-order valence-electron chi connectivity index (χ3n) is 6.09. The molecule has 0 radical (unpaired) electrons. The number of methoxy groups -OCH3 is 2. The monoisotopic (exact) mass is 314 g/mol. The van der Waals surface area contributed by atoms with Crippen LogP contribution in [0.5, 0.6) is 0 Å². The second kappa shape index (κ2) is 7.14. The molecule has 1 heterocycles. The van der Waals surface area contributed by atoms with Crippen LogP contribution >= 0.6 is 0 Å². The summed E-state index contributed by atoms with van der Waals surface area (Å²) in [4.78, 5) is 0. The first-order valence-electron chi connectivity index (χ1n) is 8.71. The van der Waals surface area contributed by atoms with Crippen molar-refractivity contribution in [1.82, 2.24) is 0 Å². The van der Waals surface area contributed by atoms with Crippen LogP contribution in [0.15, 0.2) is 0 Å². The Labute approximate surface area is 132 Å². The number of hydrogen-bond acceptors (Lipinski definition) is 5. The summed E-state index contributed by atoms with van der Waals surface area (Å²) in [6.07, 6.45) is 6.03. The molecular weight excluding hydrogens is 284 g/mol. The van der Waals surface area contributed by atoms with Crippen LogP contribution in [0.4, 0.5) is 0 Å². The van der Waals surface area contributed by atoms with Gasteiger partial charge in [-0.3, -0.25) is 0 Å². The van der Waals surface area contributed by atoms with Gasteiger partial charge in [0, 0.05) is 26.6 Å². The molecule has 3 aliphatic rings. The minimum Gasteiger partial charge on any atom is -0.390 e. The summed E-state index contributed by atoms with van der Waals surface area (Å²) in [5.74, 6) is 0.812. The number of fused-ring (bicyclic) bond motifs is 1. The van der Waals surface area contributed by atoms with Crippen LogP contribution in [-0.4, -0.2) is 61.1 Å². The van der Waals surface area contributed by atoms with Crippen LogP contribution in [0.1, 0.15) is 44.9 Å². The minimum atomic E-state index is -0.788. The predicted octanol–water partition coefficient (Wildman–Crippen LogP) is 1.50. The van der Waals surface area contributed by atoms with Gasteiger partial charge in [-0.2, -0.15) is 0 Å². The molecule has 6 atom stereocenters. The lowest BCUT2D eigenvalue weighted by Gasteiger charge is -2.48. The maximum atomic E-state index is 10.1. The van der Waals surface area contributed by atoms with Gasteiger partial charge in [-0.05, 0) is 44.4 Å². The van der Waals surface area contributed by atoms with Gasteiger partial charge >= 0.3 is 0 Å². The van der Waals surface area contributed by atoms with Crippen molar-refractivity contribution in [3.8, 4) is 0 Å². The van der Waals surface area contributed by atoms with E-state index in [1.54, 1.807) is 14.2 Å². The molecule has 2 saturated carbocycles. The van der Waals surface area contributed by atoms with Crippen LogP contribution < -0.4 is 0 Å². The molecule has 0 amide bonds. The normalized spacial score (nSPS) is 49.6. The SMILES string of the molecule is COC1CCC(C2CCC3C(CC(O)C(O)C3OC)O2)CC1. The smallest absolute Gasteiger partial charge is 0.106 e. The molecule has 6 unspecified atom stereocenters. The lowest BCUT2D eigenvalue weighted by Crippen LogP contribution is -2.57. The lowest BCUT2D eigenvalue weighted by atomic mass is 9.73. The maximum Gasteiger partial charge on any atom is 0.106 e. The Kier molecular flexibility index (Phi) is 5.40. The number of hydrogen-bond donors (Lipinski definition) is 2. The van der Waals surface area contributed by atoms with Gasteiger partial charge in [0.15, 0.2) is 0 Å². The molecule has 5 heteroatoms. The van der Waals surface area contributed by atoms with E-state index in [0.717, 1.165) is 25.7 Å². The fourth-order valence-electron chi connectivity index (χ4n) is 4.75. The van der Waals surface area contributed by atoms with E-state index < -0.39 is 12.2 Å². The highest BCUT2D eigenvalue weighted by Crippen LogP contribution is 2.42. The van der Waals surface area contributed by atoms with Crippen molar-refractivity contribution in [3.63, 3.8) is 0 Å². The van der Waals surface area contributed by atoms with Gasteiger partial charge in [0.1, 0.15) is 6.10 Å². The number of aliphatic hydroxyl groups is 2. The van der Waals surface area contributed by atoms with Gasteiger partial charge in [-0.1, -0.05) is 0 Å². The topological polar surface area (TPSA) is 68.2 Å². The van der Waals surface area contributed by atoms with E-state index in [9.17, 15) is 10.2 Å². The molecule has 0 aromatic heterocycles. The molecular formula is C17H30O5. The summed E-state index contributed by atoms with van der Waals surface area (Å²) in [6.45, 7) is 0. The summed E-state index contributed by atoms with van der Waals surface area (Å²) in [5, 5.41) is 20.2. The highest BCUT2D eigenvalue weighted by atomic mass is 16.5. The molecule has 2 aliphatic carbocycles.